The number of nitrogens with zero attached hydrogens (tertiary/aromatic N) is 1. The summed E-state index contributed by atoms with van der Waals surface area (Å²) in [7, 11) is 0. The van der Waals surface area contributed by atoms with E-state index in [-0.39, 0.29) is 5.91 Å². The average molecular weight is 297 g/mol. The highest BCUT2D eigenvalue weighted by Gasteiger charge is 2.19. The fourth-order valence-corrected chi connectivity index (χ4v) is 3.26. The zero-order chi connectivity index (χ0) is 15.7. The highest BCUT2D eigenvalue weighted by Crippen LogP contribution is 2.14. The lowest BCUT2D eigenvalue weighted by atomic mass is 10.0. The Bertz CT molecular complexity index is 284. The minimum atomic E-state index is 0.225. The van der Waals surface area contributed by atoms with Crippen LogP contribution in [-0.4, -0.2) is 49.6 Å². The number of nitrogens with one attached hydrogen (secondary N) is 2. The number of hydrogen-bond donors (Lipinski definition) is 2. The Morgan fingerprint density at radius 1 is 1.33 bits per heavy atom. The minimum Gasteiger partial charge on any atom is -0.355 e. The van der Waals surface area contributed by atoms with Gasteiger partial charge in [0.25, 0.3) is 0 Å². The van der Waals surface area contributed by atoms with Crippen molar-refractivity contribution in [3.63, 3.8) is 0 Å². The molecule has 21 heavy (non-hydrogen) atoms. The summed E-state index contributed by atoms with van der Waals surface area (Å²) in [5.74, 6) is 1.59. The Balaban J connectivity index is 2.30. The molecule has 0 spiro atoms. The topological polar surface area (TPSA) is 44.4 Å². The molecule has 4 nitrogen and oxygen atoms in total. The predicted octanol–water partition coefficient (Wildman–Crippen LogP) is 2.25. The second-order valence-electron chi connectivity index (χ2n) is 6.71. The van der Waals surface area contributed by atoms with Crippen LogP contribution in [0.5, 0.6) is 0 Å². The number of rotatable bonds is 10. The molecule has 2 atom stereocenters. The van der Waals surface area contributed by atoms with Crippen LogP contribution in [0.25, 0.3) is 0 Å². The monoisotopic (exact) mass is 297 g/mol. The standard InChI is InChI=1S/C17H35N3O/c1-5-20(6-2)16(11-14(3)4)13-19-17(21)8-7-15-9-10-18-12-15/h14-16,18H,5-13H2,1-4H3,(H,19,21). The van der Waals surface area contributed by atoms with Gasteiger partial charge in [0.1, 0.15) is 0 Å². The van der Waals surface area contributed by atoms with Crippen molar-refractivity contribution in [3.8, 4) is 0 Å². The van der Waals surface area contributed by atoms with Crippen LogP contribution < -0.4 is 10.6 Å². The molecule has 1 amide bonds. The Labute approximate surface area is 131 Å². The van der Waals surface area contributed by atoms with E-state index in [2.05, 4.69) is 43.2 Å². The molecule has 4 heteroatoms. The van der Waals surface area contributed by atoms with Crippen molar-refractivity contribution in [1.82, 2.24) is 15.5 Å². The van der Waals surface area contributed by atoms with Crippen LogP contribution in [0.4, 0.5) is 0 Å². The molecule has 0 aromatic rings. The lowest BCUT2D eigenvalue weighted by Gasteiger charge is -2.31. The molecule has 1 saturated heterocycles. The van der Waals surface area contributed by atoms with Crippen molar-refractivity contribution < 1.29 is 4.79 Å². The van der Waals surface area contributed by atoms with Crippen LogP contribution in [0.3, 0.4) is 0 Å². The smallest absolute Gasteiger partial charge is 0.220 e. The number of carbonyl (C=O) groups excluding carboxylic acids is 1. The molecule has 0 saturated carbocycles. The summed E-state index contributed by atoms with van der Waals surface area (Å²) in [6.07, 6.45) is 4.08. The highest BCUT2D eigenvalue weighted by atomic mass is 16.1. The van der Waals surface area contributed by atoms with Gasteiger partial charge in [0.15, 0.2) is 0 Å². The van der Waals surface area contributed by atoms with E-state index in [0.717, 1.165) is 45.6 Å². The van der Waals surface area contributed by atoms with Crippen molar-refractivity contribution in [2.45, 2.75) is 59.4 Å². The largest absolute Gasteiger partial charge is 0.355 e. The van der Waals surface area contributed by atoms with Gasteiger partial charge in [-0.2, -0.15) is 0 Å². The number of amides is 1. The van der Waals surface area contributed by atoms with E-state index in [0.29, 0.717) is 24.3 Å². The number of hydrogen-bond acceptors (Lipinski definition) is 3. The molecule has 1 aliphatic rings. The van der Waals surface area contributed by atoms with Crippen molar-refractivity contribution in [3.05, 3.63) is 0 Å². The molecule has 0 aliphatic carbocycles. The van der Waals surface area contributed by atoms with Crippen molar-refractivity contribution in [2.75, 3.05) is 32.7 Å². The second-order valence-corrected chi connectivity index (χ2v) is 6.71. The maximum Gasteiger partial charge on any atom is 0.220 e. The maximum absolute atomic E-state index is 12.0. The first kappa shape index (κ1) is 18.4. The van der Waals surface area contributed by atoms with Crippen LogP contribution in [0, 0.1) is 11.8 Å². The molecular weight excluding hydrogens is 262 g/mol. The van der Waals surface area contributed by atoms with Crippen molar-refractivity contribution >= 4 is 5.91 Å². The fourth-order valence-electron chi connectivity index (χ4n) is 3.26. The van der Waals surface area contributed by atoms with Crippen LogP contribution in [0.1, 0.15) is 53.4 Å². The summed E-state index contributed by atoms with van der Waals surface area (Å²) in [6, 6.07) is 0.470. The van der Waals surface area contributed by atoms with Crippen LogP contribution in [-0.2, 0) is 4.79 Å². The zero-order valence-electron chi connectivity index (χ0n) is 14.5. The molecule has 124 valence electrons. The third-order valence-electron chi connectivity index (χ3n) is 4.55. The van der Waals surface area contributed by atoms with Gasteiger partial charge in [-0.3, -0.25) is 9.69 Å². The summed E-state index contributed by atoms with van der Waals surface area (Å²) in [4.78, 5) is 14.5. The van der Waals surface area contributed by atoms with Gasteiger partial charge in [-0.15, -0.1) is 0 Å². The van der Waals surface area contributed by atoms with E-state index in [1.165, 1.54) is 6.42 Å². The van der Waals surface area contributed by atoms with E-state index in [1.54, 1.807) is 0 Å². The molecule has 2 unspecified atom stereocenters. The molecule has 2 N–H and O–H groups in total. The summed E-state index contributed by atoms with van der Waals surface area (Å²) < 4.78 is 0. The lowest BCUT2D eigenvalue weighted by Crippen LogP contribution is -2.44. The quantitative estimate of drug-likeness (QED) is 0.650. The number of carbonyl (C=O) groups is 1. The van der Waals surface area contributed by atoms with Gasteiger partial charge in [-0.05, 0) is 57.3 Å². The van der Waals surface area contributed by atoms with Gasteiger partial charge >= 0.3 is 0 Å². The molecule has 0 aromatic heterocycles. The Morgan fingerprint density at radius 2 is 2.05 bits per heavy atom. The summed E-state index contributed by atoms with van der Waals surface area (Å²) >= 11 is 0. The molecule has 1 rings (SSSR count). The summed E-state index contributed by atoms with van der Waals surface area (Å²) in [5.41, 5.74) is 0. The highest BCUT2D eigenvalue weighted by molar-refractivity contribution is 5.75. The Morgan fingerprint density at radius 3 is 2.57 bits per heavy atom. The first-order chi connectivity index (χ1) is 10.1. The minimum absolute atomic E-state index is 0.225. The normalized spacial score (nSPS) is 20.2. The van der Waals surface area contributed by atoms with Gasteiger partial charge in [-0.1, -0.05) is 27.7 Å². The van der Waals surface area contributed by atoms with Gasteiger partial charge in [0.2, 0.25) is 5.91 Å². The molecule has 0 radical (unpaired) electrons. The van der Waals surface area contributed by atoms with Gasteiger partial charge < -0.3 is 10.6 Å². The van der Waals surface area contributed by atoms with Crippen LogP contribution in [0.15, 0.2) is 0 Å². The van der Waals surface area contributed by atoms with E-state index < -0.39 is 0 Å². The third kappa shape index (κ3) is 7.28. The zero-order valence-corrected chi connectivity index (χ0v) is 14.5. The summed E-state index contributed by atoms with van der Waals surface area (Å²) in [6.45, 7) is 14.0. The van der Waals surface area contributed by atoms with E-state index >= 15 is 0 Å². The van der Waals surface area contributed by atoms with Crippen molar-refractivity contribution in [1.29, 1.82) is 0 Å². The molecular formula is C17H35N3O. The maximum atomic E-state index is 12.0. The van der Waals surface area contributed by atoms with Crippen molar-refractivity contribution in [2.24, 2.45) is 11.8 Å². The Kier molecular flexibility index (Phi) is 8.93. The van der Waals surface area contributed by atoms with Crippen LogP contribution >= 0.6 is 0 Å². The van der Waals surface area contributed by atoms with Crippen LogP contribution in [0.2, 0.25) is 0 Å². The van der Waals surface area contributed by atoms with Gasteiger partial charge in [0.05, 0.1) is 0 Å². The van der Waals surface area contributed by atoms with Gasteiger partial charge in [-0.25, -0.2) is 0 Å². The van der Waals surface area contributed by atoms with E-state index in [9.17, 15) is 4.79 Å². The first-order valence-corrected chi connectivity index (χ1v) is 8.78. The lowest BCUT2D eigenvalue weighted by molar-refractivity contribution is -0.121. The van der Waals surface area contributed by atoms with E-state index in [4.69, 9.17) is 0 Å². The SMILES string of the molecule is CCN(CC)C(CNC(=O)CCC1CCNC1)CC(C)C. The molecule has 0 aromatic carbocycles. The summed E-state index contributed by atoms with van der Waals surface area (Å²) in [5, 5.41) is 6.52. The average Bonchev–Trinajstić information content (AvgIpc) is 2.96. The third-order valence-corrected chi connectivity index (χ3v) is 4.55. The molecule has 1 heterocycles. The molecule has 0 bridgehead atoms. The first-order valence-electron chi connectivity index (χ1n) is 8.78. The fraction of sp³-hybridized carbons (Fsp3) is 0.941. The van der Waals surface area contributed by atoms with Gasteiger partial charge in [0, 0.05) is 19.0 Å². The second kappa shape index (κ2) is 10.2. The van der Waals surface area contributed by atoms with E-state index in [1.807, 2.05) is 0 Å². The molecule has 1 fully saturated rings. The Hall–Kier alpha value is -0.610. The number of likely N-dealkylation sites (N-methyl/N-ethyl adjacent to an activating group) is 1. The molecule has 1 aliphatic heterocycles. The predicted molar refractivity (Wildman–Crippen MR) is 89.4 cm³/mol.